The zero-order chi connectivity index (χ0) is 13.8. The molecule has 4 heteroatoms. The summed E-state index contributed by atoms with van der Waals surface area (Å²) in [6.45, 7) is 3.61. The lowest BCUT2D eigenvalue weighted by atomic mass is 10.1. The average Bonchev–Trinajstić information content (AvgIpc) is 2.77. The van der Waals surface area contributed by atoms with E-state index in [9.17, 15) is 0 Å². The zero-order valence-corrected chi connectivity index (χ0v) is 12.8. The normalized spacial score (nSPS) is 12.9. The van der Waals surface area contributed by atoms with Gasteiger partial charge in [-0.2, -0.15) is 0 Å². The van der Waals surface area contributed by atoms with E-state index in [1.54, 1.807) is 11.3 Å². The summed E-state index contributed by atoms with van der Waals surface area (Å²) in [5.74, 6) is 0. The van der Waals surface area contributed by atoms with E-state index in [1.807, 2.05) is 18.2 Å². The van der Waals surface area contributed by atoms with Crippen LogP contribution in [0.3, 0.4) is 0 Å². The number of hydrogen-bond donors (Lipinski definition) is 1. The van der Waals surface area contributed by atoms with Gasteiger partial charge in [-0.05, 0) is 48.7 Å². The molecule has 1 atom stereocenters. The van der Waals surface area contributed by atoms with Crippen LogP contribution >= 0.6 is 22.9 Å². The van der Waals surface area contributed by atoms with Gasteiger partial charge in [0.1, 0.15) is 0 Å². The second-order valence-electron chi connectivity index (χ2n) is 4.76. The van der Waals surface area contributed by atoms with Crippen LogP contribution in [-0.4, -0.2) is 18.5 Å². The van der Waals surface area contributed by atoms with Crippen LogP contribution in [0, 0.1) is 6.92 Å². The highest BCUT2D eigenvalue weighted by atomic mass is 35.5. The molecule has 102 valence electrons. The summed E-state index contributed by atoms with van der Waals surface area (Å²) in [5, 5.41) is 2.91. The van der Waals surface area contributed by atoms with Crippen molar-refractivity contribution in [1.29, 1.82) is 0 Å². The first-order valence-electron chi connectivity index (χ1n) is 6.30. The molecule has 0 aliphatic rings. The summed E-state index contributed by atoms with van der Waals surface area (Å²) in [6.07, 6.45) is 0. The molecule has 2 aromatic rings. The summed E-state index contributed by atoms with van der Waals surface area (Å²) in [6, 6.07) is 10.4. The molecule has 0 saturated carbocycles. The summed E-state index contributed by atoms with van der Waals surface area (Å²) >= 11 is 7.80. The molecule has 0 bridgehead atoms. The Hall–Kier alpha value is -0.870. The lowest BCUT2D eigenvalue weighted by molar-refractivity contribution is 0.244. The van der Waals surface area contributed by atoms with Gasteiger partial charge in [0, 0.05) is 23.0 Å². The van der Waals surface area contributed by atoms with Crippen LogP contribution in [0.1, 0.15) is 22.0 Å². The zero-order valence-electron chi connectivity index (χ0n) is 11.3. The highest BCUT2D eigenvalue weighted by molar-refractivity contribution is 7.10. The largest absolute Gasteiger partial charge is 0.329 e. The molecule has 0 radical (unpaired) electrons. The minimum Gasteiger partial charge on any atom is -0.329 e. The number of halogens is 1. The topological polar surface area (TPSA) is 29.3 Å². The van der Waals surface area contributed by atoms with Crippen LogP contribution in [0.2, 0.25) is 5.02 Å². The number of benzene rings is 1. The maximum absolute atomic E-state index is 6.03. The Morgan fingerprint density at radius 2 is 2.16 bits per heavy atom. The van der Waals surface area contributed by atoms with E-state index < -0.39 is 0 Å². The van der Waals surface area contributed by atoms with Crippen molar-refractivity contribution in [3.8, 4) is 0 Å². The van der Waals surface area contributed by atoms with E-state index in [4.69, 9.17) is 17.3 Å². The number of nitrogens with two attached hydrogens (primary N) is 1. The van der Waals surface area contributed by atoms with Gasteiger partial charge in [-0.25, -0.2) is 0 Å². The van der Waals surface area contributed by atoms with Gasteiger partial charge in [0.15, 0.2) is 0 Å². The van der Waals surface area contributed by atoms with E-state index >= 15 is 0 Å². The van der Waals surface area contributed by atoms with Crippen molar-refractivity contribution in [1.82, 2.24) is 4.90 Å². The molecule has 0 fully saturated rings. The highest BCUT2D eigenvalue weighted by Crippen LogP contribution is 2.28. The summed E-state index contributed by atoms with van der Waals surface area (Å²) in [7, 11) is 2.11. The molecule has 1 aromatic heterocycles. The summed E-state index contributed by atoms with van der Waals surface area (Å²) < 4.78 is 0. The minimum absolute atomic E-state index is 0.263. The quantitative estimate of drug-likeness (QED) is 0.908. The maximum Gasteiger partial charge on any atom is 0.0567 e. The lowest BCUT2D eigenvalue weighted by Crippen LogP contribution is -2.30. The summed E-state index contributed by atoms with van der Waals surface area (Å²) in [4.78, 5) is 3.64. The van der Waals surface area contributed by atoms with Crippen molar-refractivity contribution in [2.75, 3.05) is 13.6 Å². The fourth-order valence-electron chi connectivity index (χ4n) is 2.25. The van der Waals surface area contributed by atoms with Gasteiger partial charge in [0.05, 0.1) is 6.04 Å². The smallest absolute Gasteiger partial charge is 0.0567 e. The van der Waals surface area contributed by atoms with Crippen molar-refractivity contribution < 1.29 is 0 Å². The first-order chi connectivity index (χ1) is 9.11. The first-order valence-corrected chi connectivity index (χ1v) is 7.56. The Kier molecular flexibility index (Phi) is 4.99. The monoisotopic (exact) mass is 294 g/mol. The van der Waals surface area contributed by atoms with Crippen LogP contribution in [0.5, 0.6) is 0 Å². The Morgan fingerprint density at radius 3 is 2.74 bits per heavy atom. The fourth-order valence-corrected chi connectivity index (χ4v) is 3.57. The standard InChI is InChI=1S/C15H19ClN2S/c1-11-6-7-19-15(11)14(9-17)18(2)10-12-4-3-5-13(16)8-12/h3-8,14H,9-10,17H2,1-2H3. The van der Waals surface area contributed by atoms with Gasteiger partial charge >= 0.3 is 0 Å². The molecule has 2 nitrogen and oxygen atoms in total. The Morgan fingerprint density at radius 1 is 1.37 bits per heavy atom. The number of thiophene rings is 1. The molecule has 0 aliphatic carbocycles. The number of hydrogen-bond acceptors (Lipinski definition) is 3. The first kappa shape index (κ1) is 14.5. The molecule has 1 unspecified atom stereocenters. The fraction of sp³-hybridized carbons (Fsp3) is 0.333. The van der Waals surface area contributed by atoms with Crippen molar-refractivity contribution in [2.24, 2.45) is 5.73 Å². The molecule has 0 saturated heterocycles. The Labute approximate surface area is 123 Å². The third kappa shape index (κ3) is 3.57. The van der Waals surface area contributed by atoms with Crippen LogP contribution in [0.25, 0.3) is 0 Å². The van der Waals surface area contributed by atoms with E-state index in [-0.39, 0.29) is 6.04 Å². The Bertz CT molecular complexity index is 538. The predicted octanol–water partition coefficient (Wildman–Crippen LogP) is 3.84. The second kappa shape index (κ2) is 6.53. The van der Waals surface area contributed by atoms with E-state index in [0.29, 0.717) is 6.54 Å². The third-order valence-corrected chi connectivity index (χ3v) is 4.64. The van der Waals surface area contributed by atoms with Crippen LogP contribution in [0.4, 0.5) is 0 Å². The van der Waals surface area contributed by atoms with Gasteiger partial charge in [-0.15, -0.1) is 11.3 Å². The Balaban J connectivity index is 2.14. The average molecular weight is 295 g/mol. The maximum atomic E-state index is 6.03. The van der Waals surface area contributed by atoms with Gasteiger partial charge < -0.3 is 5.73 Å². The van der Waals surface area contributed by atoms with Crippen molar-refractivity contribution in [2.45, 2.75) is 19.5 Å². The number of nitrogens with zero attached hydrogens (tertiary/aromatic N) is 1. The van der Waals surface area contributed by atoms with E-state index in [0.717, 1.165) is 11.6 Å². The molecule has 2 N–H and O–H groups in total. The third-order valence-electron chi connectivity index (χ3n) is 3.28. The van der Waals surface area contributed by atoms with E-state index in [1.165, 1.54) is 16.0 Å². The number of rotatable bonds is 5. The second-order valence-corrected chi connectivity index (χ2v) is 6.15. The van der Waals surface area contributed by atoms with Gasteiger partial charge in [0.25, 0.3) is 0 Å². The van der Waals surface area contributed by atoms with Crippen molar-refractivity contribution >= 4 is 22.9 Å². The van der Waals surface area contributed by atoms with Crippen LogP contribution in [0.15, 0.2) is 35.7 Å². The molecule has 19 heavy (non-hydrogen) atoms. The minimum atomic E-state index is 0.263. The van der Waals surface area contributed by atoms with Crippen LogP contribution in [-0.2, 0) is 6.54 Å². The van der Waals surface area contributed by atoms with Gasteiger partial charge in [0.2, 0.25) is 0 Å². The lowest BCUT2D eigenvalue weighted by Gasteiger charge is -2.27. The molecular formula is C15H19ClN2S. The molecule has 0 amide bonds. The molecule has 0 aliphatic heterocycles. The van der Waals surface area contributed by atoms with Crippen molar-refractivity contribution in [3.05, 3.63) is 56.7 Å². The van der Waals surface area contributed by atoms with E-state index in [2.05, 4.69) is 36.4 Å². The molecule has 1 aromatic carbocycles. The van der Waals surface area contributed by atoms with Crippen LogP contribution < -0.4 is 5.73 Å². The molecule has 1 heterocycles. The van der Waals surface area contributed by atoms with Gasteiger partial charge in [-0.3, -0.25) is 4.90 Å². The van der Waals surface area contributed by atoms with Crippen molar-refractivity contribution in [3.63, 3.8) is 0 Å². The van der Waals surface area contributed by atoms with Gasteiger partial charge in [-0.1, -0.05) is 23.7 Å². The number of aryl methyl sites for hydroxylation is 1. The number of likely N-dealkylation sites (N-methyl/N-ethyl adjacent to an activating group) is 1. The highest BCUT2D eigenvalue weighted by Gasteiger charge is 2.18. The molecule has 0 spiro atoms. The molecular weight excluding hydrogens is 276 g/mol. The SMILES string of the molecule is Cc1ccsc1C(CN)N(C)Cc1cccc(Cl)c1. The summed E-state index contributed by atoms with van der Waals surface area (Å²) in [5.41, 5.74) is 8.49. The predicted molar refractivity (Wildman–Crippen MR) is 83.8 cm³/mol. The molecule has 2 rings (SSSR count).